The predicted molar refractivity (Wildman–Crippen MR) is 97.1 cm³/mol. The Balaban J connectivity index is 1.68. The smallest absolute Gasteiger partial charge is 0.407 e. The standard InChI is InChI=1S/C18H23N3O2S/c1-13-11-20(7-8-21(13)18(22)23)12-14-3-2-4-15(9-14)17-6-5-16(10-19)24-17/h2-6,9,13H,7-8,10-12,19H2,1H3,(H,22,23)/t13-/m0/s1. The summed E-state index contributed by atoms with van der Waals surface area (Å²) in [6.45, 7) is 5.51. The molecule has 5 nitrogen and oxygen atoms in total. The van der Waals surface area contributed by atoms with Crippen LogP contribution < -0.4 is 5.73 Å². The molecular formula is C18H23N3O2S. The Hall–Kier alpha value is -1.89. The highest BCUT2D eigenvalue weighted by Crippen LogP contribution is 2.29. The molecule has 1 aliphatic rings. The highest BCUT2D eigenvalue weighted by atomic mass is 32.1. The first-order valence-electron chi connectivity index (χ1n) is 8.17. The molecular weight excluding hydrogens is 322 g/mol. The number of nitrogens with two attached hydrogens (primary N) is 1. The number of carbonyl (C=O) groups is 1. The SMILES string of the molecule is C[C@H]1CN(Cc2cccc(-c3ccc(CN)s3)c2)CCN1C(=O)O. The van der Waals surface area contributed by atoms with Crippen LogP contribution in [-0.2, 0) is 13.1 Å². The lowest BCUT2D eigenvalue weighted by Gasteiger charge is -2.38. The van der Waals surface area contributed by atoms with E-state index in [9.17, 15) is 4.79 Å². The second kappa shape index (κ2) is 7.34. The summed E-state index contributed by atoms with van der Waals surface area (Å²) in [5.74, 6) is 0. The molecule has 1 aromatic heterocycles. The second-order valence-corrected chi connectivity index (χ2v) is 7.40. The van der Waals surface area contributed by atoms with Crippen molar-refractivity contribution in [3.8, 4) is 10.4 Å². The van der Waals surface area contributed by atoms with E-state index < -0.39 is 6.09 Å². The van der Waals surface area contributed by atoms with Crippen LogP contribution >= 0.6 is 11.3 Å². The summed E-state index contributed by atoms with van der Waals surface area (Å²) in [4.78, 5) is 17.4. The Labute approximate surface area is 146 Å². The van der Waals surface area contributed by atoms with Gasteiger partial charge in [-0.15, -0.1) is 11.3 Å². The molecule has 1 aromatic carbocycles. The van der Waals surface area contributed by atoms with Crippen molar-refractivity contribution in [2.24, 2.45) is 5.73 Å². The van der Waals surface area contributed by atoms with Crippen LogP contribution in [-0.4, -0.2) is 46.7 Å². The van der Waals surface area contributed by atoms with Crippen LogP contribution in [0.4, 0.5) is 4.79 Å². The molecule has 2 aromatic rings. The van der Waals surface area contributed by atoms with Gasteiger partial charge in [-0.05, 0) is 36.2 Å². The minimum Gasteiger partial charge on any atom is -0.465 e. The van der Waals surface area contributed by atoms with E-state index in [-0.39, 0.29) is 6.04 Å². The van der Waals surface area contributed by atoms with Crippen LogP contribution in [0.5, 0.6) is 0 Å². The van der Waals surface area contributed by atoms with E-state index in [1.807, 2.05) is 6.92 Å². The quantitative estimate of drug-likeness (QED) is 0.893. The number of hydrogen-bond acceptors (Lipinski definition) is 4. The first-order valence-corrected chi connectivity index (χ1v) is 8.98. The molecule has 3 N–H and O–H groups in total. The van der Waals surface area contributed by atoms with Crippen molar-refractivity contribution in [3.63, 3.8) is 0 Å². The van der Waals surface area contributed by atoms with Gasteiger partial charge < -0.3 is 15.7 Å². The van der Waals surface area contributed by atoms with Crippen molar-refractivity contribution < 1.29 is 9.90 Å². The molecule has 128 valence electrons. The Morgan fingerprint density at radius 3 is 2.83 bits per heavy atom. The van der Waals surface area contributed by atoms with Gasteiger partial charge in [0.25, 0.3) is 0 Å². The van der Waals surface area contributed by atoms with Crippen LogP contribution in [0.2, 0.25) is 0 Å². The Morgan fingerprint density at radius 2 is 2.17 bits per heavy atom. The van der Waals surface area contributed by atoms with E-state index in [0.717, 1.165) is 19.6 Å². The topological polar surface area (TPSA) is 69.8 Å². The van der Waals surface area contributed by atoms with Crippen LogP contribution in [0, 0.1) is 0 Å². The van der Waals surface area contributed by atoms with Gasteiger partial charge in [0.2, 0.25) is 0 Å². The number of thiophene rings is 1. The number of hydrogen-bond donors (Lipinski definition) is 2. The van der Waals surface area contributed by atoms with Crippen molar-refractivity contribution in [2.75, 3.05) is 19.6 Å². The zero-order valence-electron chi connectivity index (χ0n) is 13.8. The maximum Gasteiger partial charge on any atom is 0.407 e. The number of rotatable bonds is 4. The van der Waals surface area contributed by atoms with E-state index in [1.54, 1.807) is 11.3 Å². The molecule has 3 rings (SSSR count). The predicted octanol–water partition coefficient (Wildman–Crippen LogP) is 3.06. The molecule has 1 fully saturated rings. The lowest BCUT2D eigenvalue weighted by molar-refractivity contribution is 0.0711. The van der Waals surface area contributed by atoms with Gasteiger partial charge in [0.05, 0.1) is 0 Å². The van der Waals surface area contributed by atoms with E-state index in [1.165, 1.54) is 25.8 Å². The molecule has 0 spiro atoms. The average molecular weight is 345 g/mol. The summed E-state index contributed by atoms with van der Waals surface area (Å²) < 4.78 is 0. The van der Waals surface area contributed by atoms with Gasteiger partial charge in [-0.3, -0.25) is 4.90 Å². The lowest BCUT2D eigenvalue weighted by Crippen LogP contribution is -2.53. The van der Waals surface area contributed by atoms with Crippen LogP contribution in [0.3, 0.4) is 0 Å². The molecule has 1 atom stereocenters. The third-order valence-corrected chi connectivity index (χ3v) is 5.59. The molecule has 0 saturated carbocycles. The summed E-state index contributed by atoms with van der Waals surface area (Å²) in [5.41, 5.74) is 8.17. The fourth-order valence-electron chi connectivity index (χ4n) is 3.18. The van der Waals surface area contributed by atoms with Gasteiger partial charge in [0, 0.05) is 48.5 Å². The monoisotopic (exact) mass is 345 g/mol. The van der Waals surface area contributed by atoms with Gasteiger partial charge in [0.15, 0.2) is 0 Å². The highest BCUT2D eigenvalue weighted by Gasteiger charge is 2.26. The molecule has 2 heterocycles. The zero-order valence-corrected chi connectivity index (χ0v) is 14.6. The van der Waals surface area contributed by atoms with Gasteiger partial charge in [0.1, 0.15) is 0 Å². The van der Waals surface area contributed by atoms with Crippen molar-refractivity contribution in [1.29, 1.82) is 0 Å². The Bertz CT molecular complexity index is 716. The van der Waals surface area contributed by atoms with E-state index >= 15 is 0 Å². The van der Waals surface area contributed by atoms with Crippen LogP contribution in [0.1, 0.15) is 17.4 Å². The second-order valence-electron chi connectivity index (χ2n) is 6.23. The summed E-state index contributed by atoms with van der Waals surface area (Å²) in [6, 6.07) is 12.8. The Morgan fingerprint density at radius 1 is 1.33 bits per heavy atom. The van der Waals surface area contributed by atoms with Gasteiger partial charge in [-0.25, -0.2) is 4.79 Å². The van der Waals surface area contributed by atoms with Crippen molar-refractivity contribution in [2.45, 2.75) is 26.1 Å². The fraction of sp³-hybridized carbons (Fsp3) is 0.389. The number of benzene rings is 1. The van der Waals surface area contributed by atoms with Crippen molar-refractivity contribution in [1.82, 2.24) is 9.80 Å². The average Bonchev–Trinajstić information content (AvgIpc) is 3.04. The summed E-state index contributed by atoms with van der Waals surface area (Å²) in [5, 5.41) is 9.17. The van der Waals surface area contributed by atoms with Crippen LogP contribution in [0.25, 0.3) is 10.4 Å². The molecule has 0 unspecified atom stereocenters. The molecule has 1 aliphatic heterocycles. The third kappa shape index (κ3) is 3.77. The molecule has 0 bridgehead atoms. The summed E-state index contributed by atoms with van der Waals surface area (Å²) in [6.07, 6.45) is -0.822. The zero-order chi connectivity index (χ0) is 17.1. The van der Waals surface area contributed by atoms with Crippen molar-refractivity contribution >= 4 is 17.4 Å². The number of piperazine rings is 1. The maximum absolute atomic E-state index is 11.2. The van der Waals surface area contributed by atoms with Crippen LogP contribution in [0.15, 0.2) is 36.4 Å². The van der Waals surface area contributed by atoms with E-state index in [0.29, 0.717) is 13.1 Å². The van der Waals surface area contributed by atoms with Gasteiger partial charge in [-0.2, -0.15) is 0 Å². The molecule has 0 radical (unpaired) electrons. The molecule has 0 aliphatic carbocycles. The fourth-order valence-corrected chi connectivity index (χ4v) is 4.07. The maximum atomic E-state index is 11.2. The third-order valence-electron chi connectivity index (χ3n) is 4.44. The lowest BCUT2D eigenvalue weighted by atomic mass is 10.1. The Kier molecular flexibility index (Phi) is 5.18. The van der Waals surface area contributed by atoms with E-state index in [2.05, 4.69) is 41.3 Å². The highest BCUT2D eigenvalue weighted by molar-refractivity contribution is 7.15. The molecule has 1 amide bonds. The molecule has 24 heavy (non-hydrogen) atoms. The first-order chi connectivity index (χ1) is 11.6. The van der Waals surface area contributed by atoms with Crippen molar-refractivity contribution in [3.05, 3.63) is 46.8 Å². The number of carboxylic acid groups (broad SMARTS) is 1. The minimum atomic E-state index is -0.822. The summed E-state index contributed by atoms with van der Waals surface area (Å²) >= 11 is 1.73. The first kappa shape index (κ1) is 17.0. The van der Waals surface area contributed by atoms with E-state index in [4.69, 9.17) is 10.8 Å². The number of amides is 1. The van der Waals surface area contributed by atoms with Gasteiger partial charge >= 0.3 is 6.09 Å². The summed E-state index contributed by atoms with van der Waals surface area (Å²) in [7, 11) is 0. The molecule has 6 heteroatoms. The number of nitrogens with zero attached hydrogens (tertiary/aromatic N) is 2. The largest absolute Gasteiger partial charge is 0.465 e. The molecule has 1 saturated heterocycles. The minimum absolute atomic E-state index is 0.0313. The normalized spacial score (nSPS) is 18.8. The van der Waals surface area contributed by atoms with Gasteiger partial charge in [-0.1, -0.05) is 18.2 Å².